The molecule has 4 rings (SSSR count). The zero-order valence-corrected chi connectivity index (χ0v) is 12.4. The van der Waals surface area contributed by atoms with Gasteiger partial charge in [-0.25, -0.2) is 15.0 Å². The summed E-state index contributed by atoms with van der Waals surface area (Å²) in [6.45, 7) is 0. The second-order valence-electron chi connectivity index (χ2n) is 4.89. The minimum atomic E-state index is 0.334. The van der Waals surface area contributed by atoms with Crippen LogP contribution in [-0.4, -0.2) is 29.7 Å². The van der Waals surface area contributed by atoms with Gasteiger partial charge in [0.1, 0.15) is 5.52 Å². The number of nitrogens with one attached hydrogen (secondary N) is 1. The fraction of sp³-hybridized carbons (Fsp3) is 0.0667. The highest BCUT2D eigenvalue weighted by Gasteiger charge is 2.16. The molecule has 1 N–H and O–H groups in total. The first-order valence-electron chi connectivity index (χ1n) is 6.68. The number of rotatable bonds is 2. The number of benzene rings is 1. The van der Waals surface area contributed by atoms with Crippen molar-refractivity contribution in [3.63, 3.8) is 0 Å². The van der Waals surface area contributed by atoms with Crippen molar-refractivity contribution in [1.29, 1.82) is 0 Å². The van der Waals surface area contributed by atoms with Crippen LogP contribution in [0.5, 0.6) is 0 Å². The van der Waals surface area contributed by atoms with E-state index in [1.54, 1.807) is 12.5 Å². The van der Waals surface area contributed by atoms with E-state index in [1.165, 1.54) is 0 Å². The first kappa shape index (κ1) is 13.0. The van der Waals surface area contributed by atoms with Crippen LogP contribution >= 0.6 is 11.6 Å². The van der Waals surface area contributed by atoms with Gasteiger partial charge in [-0.3, -0.25) is 5.10 Å². The van der Waals surface area contributed by atoms with Gasteiger partial charge in [-0.15, -0.1) is 0 Å². The molecule has 7 heteroatoms. The summed E-state index contributed by atoms with van der Waals surface area (Å²) in [6.07, 6.45) is 3.37. The van der Waals surface area contributed by atoms with Gasteiger partial charge in [0, 0.05) is 12.6 Å². The molecule has 0 aliphatic carbocycles. The molecule has 0 unspecified atom stereocenters. The van der Waals surface area contributed by atoms with Gasteiger partial charge < -0.3 is 4.57 Å². The van der Waals surface area contributed by atoms with Crippen LogP contribution in [0.25, 0.3) is 33.8 Å². The Labute approximate surface area is 130 Å². The zero-order valence-electron chi connectivity index (χ0n) is 11.7. The number of aromatic nitrogens is 6. The predicted octanol–water partition coefficient (Wildman–Crippen LogP) is 3.07. The third-order valence-corrected chi connectivity index (χ3v) is 3.72. The second kappa shape index (κ2) is 4.92. The highest BCUT2D eigenvalue weighted by atomic mass is 35.5. The zero-order chi connectivity index (χ0) is 15.1. The van der Waals surface area contributed by atoms with E-state index in [-0.39, 0.29) is 0 Å². The molecule has 0 bridgehead atoms. The number of aryl methyl sites for hydroxylation is 1. The summed E-state index contributed by atoms with van der Waals surface area (Å²) in [5.41, 5.74) is 3.96. The molecule has 0 fully saturated rings. The summed E-state index contributed by atoms with van der Waals surface area (Å²) < 4.78 is 1.81. The molecule has 0 saturated carbocycles. The second-order valence-corrected chi connectivity index (χ2v) is 5.25. The molecule has 108 valence electrons. The van der Waals surface area contributed by atoms with Crippen molar-refractivity contribution in [3.8, 4) is 22.6 Å². The van der Waals surface area contributed by atoms with Crippen LogP contribution < -0.4 is 0 Å². The molecule has 0 saturated heterocycles. The van der Waals surface area contributed by atoms with Gasteiger partial charge in [0.25, 0.3) is 0 Å². The van der Waals surface area contributed by atoms with Crippen LogP contribution in [0.2, 0.25) is 5.15 Å². The van der Waals surface area contributed by atoms with E-state index in [0.29, 0.717) is 22.1 Å². The van der Waals surface area contributed by atoms with E-state index in [4.69, 9.17) is 11.6 Å². The van der Waals surface area contributed by atoms with Gasteiger partial charge in [0.05, 0.1) is 23.8 Å². The minimum absolute atomic E-state index is 0.334. The summed E-state index contributed by atoms with van der Waals surface area (Å²) in [5, 5.41) is 7.46. The average Bonchev–Trinajstić information content (AvgIpc) is 3.16. The molecule has 4 aromatic rings. The van der Waals surface area contributed by atoms with Crippen molar-refractivity contribution in [1.82, 2.24) is 29.7 Å². The maximum atomic E-state index is 6.23. The summed E-state index contributed by atoms with van der Waals surface area (Å²) in [6, 6.07) is 9.91. The molecule has 6 nitrogen and oxygen atoms in total. The number of fused-ring (bicyclic) bond motifs is 1. The molecule has 22 heavy (non-hydrogen) atoms. The Morgan fingerprint density at radius 3 is 2.77 bits per heavy atom. The van der Waals surface area contributed by atoms with E-state index < -0.39 is 0 Å². The van der Waals surface area contributed by atoms with Crippen molar-refractivity contribution in [2.45, 2.75) is 0 Å². The van der Waals surface area contributed by atoms with Crippen molar-refractivity contribution in [2.75, 3.05) is 0 Å². The number of halogens is 1. The fourth-order valence-electron chi connectivity index (χ4n) is 2.37. The van der Waals surface area contributed by atoms with Crippen molar-refractivity contribution in [2.24, 2.45) is 7.05 Å². The molecule has 0 aliphatic heterocycles. The minimum Gasteiger partial charge on any atom is -0.318 e. The molecule has 0 aliphatic rings. The molecular formula is C15H11ClN6. The Morgan fingerprint density at radius 2 is 1.95 bits per heavy atom. The number of hydrogen-bond donors (Lipinski definition) is 1. The van der Waals surface area contributed by atoms with Crippen LogP contribution in [0.1, 0.15) is 0 Å². The van der Waals surface area contributed by atoms with Gasteiger partial charge in [-0.2, -0.15) is 5.10 Å². The normalized spacial score (nSPS) is 11.2. The molecule has 3 aromatic heterocycles. The van der Waals surface area contributed by atoms with Crippen molar-refractivity contribution in [3.05, 3.63) is 48.0 Å². The third-order valence-electron chi connectivity index (χ3n) is 3.46. The highest BCUT2D eigenvalue weighted by Crippen LogP contribution is 2.30. The molecule has 0 atom stereocenters. The Morgan fingerprint density at radius 1 is 1.14 bits per heavy atom. The Hall–Kier alpha value is -2.73. The maximum Gasteiger partial charge on any atom is 0.167 e. The number of aromatic amines is 1. The predicted molar refractivity (Wildman–Crippen MR) is 84.3 cm³/mol. The van der Waals surface area contributed by atoms with E-state index in [1.807, 2.05) is 41.9 Å². The maximum absolute atomic E-state index is 6.23. The Balaban J connectivity index is 1.94. The number of imidazole rings is 1. The van der Waals surface area contributed by atoms with Crippen LogP contribution in [-0.2, 0) is 7.05 Å². The first-order chi connectivity index (χ1) is 10.7. The Kier molecular flexibility index (Phi) is 2.90. The molecule has 1 aromatic carbocycles. The smallest absolute Gasteiger partial charge is 0.167 e. The summed E-state index contributed by atoms with van der Waals surface area (Å²) in [7, 11) is 1.87. The largest absolute Gasteiger partial charge is 0.318 e. The van der Waals surface area contributed by atoms with Crippen LogP contribution in [0.15, 0.2) is 42.9 Å². The van der Waals surface area contributed by atoms with Crippen LogP contribution in [0.4, 0.5) is 0 Å². The summed E-state index contributed by atoms with van der Waals surface area (Å²) >= 11 is 6.23. The molecular weight excluding hydrogens is 300 g/mol. The highest BCUT2D eigenvalue weighted by molar-refractivity contribution is 6.33. The topological polar surface area (TPSA) is 72.3 Å². The van der Waals surface area contributed by atoms with Crippen molar-refractivity contribution < 1.29 is 0 Å². The standard InChI is InChI=1S/C15H11ClN6/c1-22-8-17-12-13(16)19-14(20-15(12)22)10-7-18-21-11(10)9-5-3-2-4-6-9/h2-8H,1H3,(H,18,21). The lowest BCUT2D eigenvalue weighted by Crippen LogP contribution is -1.95. The lowest BCUT2D eigenvalue weighted by Gasteiger charge is -2.04. The van der Waals surface area contributed by atoms with Gasteiger partial charge >= 0.3 is 0 Å². The molecule has 3 heterocycles. The first-order valence-corrected chi connectivity index (χ1v) is 7.05. The van der Waals surface area contributed by atoms with Gasteiger partial charge in [-0.05, 0) is 0 Å². The lowest BCUT2D eigenvalue weighted by molar-refractivity contribution is 0.929. The molecule has 0 spiro atoms. The summed E-state index contributed by atoms with van der Waals surface area (Å²) in [4.78, 5) is 13.1. The molecule has 0 radical (unpaired) electrons. The van der Waals surface area contributed by atoms with E-state index in [9.17, 15) is 0 Å². The average molecular weight is 311 g/mol. The quantitative estimate of drug-likeness (QED) is 0.577. The van der Waals surface area contributed by atoms with Crippen molar-refractivity contribution >= 4 is 22.8 Å². The van der Waals surface area contributed by atoms with Crippen LogP contribution in [0, 0.1) is 0 Å². The van der Waals surface area contributed by atoms with Gasteiger partial charge in [-0.1, -0.05) is 41.9 Å². The number of nitrogens with zero attached hydrogens (tertiary/aromatic N) is 5. The molecule has 0 amide bonds. The number of hydrogen-bond acceptors (Lipinski definition) is 4. The van der Waals surface area contributed by atoms with Crippen LogP contribution in [0.3, 0.4) is 0 Å². The van der Waals surface area contributed by atoms with E-state index in [0.717, 1.165) is 16.8 Å². The van der Waals surface area contributed by atoms with Gasteiger partial charge in [0.15, 0.2) is 16.6 Å². The van der Waals surface area contributed by atoms with Gasteiger partial charge in [0.2, 0.25) is 0 Å². The SMILES string of the molecule is Cn1cnc2c(Cl)nc(-c3cn[nH]c3-c3ccccc3)nc21. The monoisotopic (exact) mass is 310 g/mol. The summed E-state index contributed by atoms with van der Waals surface area (Å²) in [5.74, 6) is 0.522. The van der Waals surface area contributed by atoms with E-state index in [2.05, 4.69) is 25.1 Å². The Bertz CT molecular complexity index is 957. The van der Waals surface area contributed by atoms with E-state index >= 15 is 0 Å². The number of H-pyrrole nitrogens is 1. The third kappa shape index (κ3) is 1.96. The lowest BCUT2D eigenvalue weighted by atomic mass is 10.1. The fourth-order valence-corrected chi connectivity index (χ4v) is 2.59.